The first-order valence-electron chi connectivity index (χ1n) is 5.74. The van der Waals surface area contributed by atoms with Crippen LogP contribution in [0.5, 0.6) is 0 Å². The van der Waals surface area contributed by atoms with Gasteiger partial charge in [-0.05, 0) is 19.4 Å². The summed E-state index contributed by atoms with van der Waals surface area (Å²) in [7, 11) is 0. The van der Waals surface area contributed by atoms with Crippen LogP contribution in [-0.4, -0.2) is 28.8 Å². The van der Waals surface area contributed by atoms with Crippen molar-refractivity contribution in [3.8, 4) is 0 Å². The third kappa shape index (κ3) is 2.24. The number of carbonyl (C=O) groups is 1. The van der Waals surface area contributed by atoms with E-state index in [1.54, 1.807) is 10.9 Å². The minimum absolute atomic E-state index is 0.0741. The molecule has 0 unspecified atom stereocenters. The maximum atomic E-state index is 11.9. The van der Waals surface area contributed by atoms with Gasteiger partial charge in [-0.15, -0.1) is 0 Å². The van der Waals surface area contributed by atoms with Crippen molar-refractivity contribution in [2.45, 2.75) is 20.4 Å². The summed E-state index contributed by atoms with van der Waals surface area (Å²) >= 11 is 0. The normalized spacial score (nSPS) is 24.6. The molecule has 2 rings (SSSR count). The molecular formula is C11H18N4O. The van der Waals surface area contributed by atoms with E-state index in [1.165, 1.54) is 0 Å². The number of hydrogen-bond acceptors (Lipinski definition) is 3. The molecule has 5 nitrogen and oxygen atoms in total. The van der Waals surface area contributed by atoms with E-state index < -0.39 is 0 Å². The molecule has 0 bridgehead atoms. The maximum absolute atomic E-state index is 11.9. The van der Waals surface area contributed by atoms with Crippen LogP contribution >= 0.6 is 0 Å². The summed E-state index contributed by atoms with van der Waals surface area (Å²) in [6.45, 7) is 6.62. The minimum atomic E-state index is 0.0741. The van der Waals surface area contributed by atoms with Gasteiger partial charge >= 0.3 is 0 Å². The monoisotopic (exact) mass is 222 g/mol. The maximum Gasteiger partial charge on any atom is 0.229 e. The van der Waals surface area contributed by atoms with Gasteiger partial charge in [0.1, 0.15) is 0 Å². The highest BCUT2D eigenvalue weighted by atomic mass is 16.2. The number of hydrogen-bond donors (Lipinski definition) is 2. The summed E-state index contributed by atoms with van der Waals surface area (Å²) in [5.41, 5.74) is 0.783. The highest BCUT2D eigenvalue weighted by Gasteiger charge is 2.29. The van der Waals surface area contributed by atoms with Crippen LogP contribution in [0.2, 0.25) is 0 Å². The van der Waals surface area contributed by atoms with Gasteiger partial charge in [-0.3, -0.25) is 9.48 Å². The fourth-order valence-corrected chi connectivity index (χ4v) is 2.00. The van der Waals surface area contributed by atoms with E-state index in [4.69, 9.17) is 0 Å². The summed E-state index contributed by atoms with van der Waals surface area (Å²) in [5.74, 6) is 0.569. The van der Waals surface area contributed by atoms with E-state index in [2.05, 4.69) is 22.7 Å². The lowest BCUT2D eigenvalue weighted by Crippen LogP contribution is -2.27. The second kappa shape index (κ2) is 4.65. The number of anilines is 1. The molecule has 0 aromatic carbocycles. The Morgan fingerprint density at radius 1 is 1.69 bits per heavy atom. The van der Waals surface area contributed by atoms with Gasteiger partial charge in [-0.1, -0.05) is 6.92 Å². The second-order valence-corrected chi connectivity index (χ2v) is 4.32. The average molecular weight is 222 g/mol. The molecule has 16 heavy (non-hydrogen) atoms. The van der Waals surface area contributed by atoms with E-state index in [9.17, 15) is 4.79 Å². The van der Waals surface area contributed by atoms with E-state index in [0.717, 1.165) is 25.3 Å². The molecule has 2 heterocycles. The molecule has 1 amide bonds. The predicted octanol–water partition coefficient (Wildman–Crippen LogP) is 0.697. The van der Waals surface area contributed by atoms with Crippen molar-refractivity contribution in [2.24, 2.45) is 11.8 Å². The highest BCUT2D eigenvalue weighted by Crippen LogP contribution is 2.18. The topological polar surface area (TPSA) is 59.0 Å². The number of rotatable bonds is 3. The van der Waals surface area contributed by atoms with Gasteiger partial charge in [0.15, 0.2) is 0 Å². The molecule has 0 saturated carbocycles. The van der Waals surface area contributed by atoms with E-state index in [1.807, 2.05) is 13.1 Å². The summed E-state index contributed by atoms with van der Waals surface area (Å²) in [6.07, 6.45) is 3.54. The molecule has 1 aromatic rings. The predicted molar refractivity (Wildman–Crippen MR) is 62.1 cm³/mol. The number of aromatic nitrogens is 2. The first-order chi connectivity index (χ1) is 7.70. The summed E-state index contributed by atoms with van der Waals surface area (Å²) < 4.78 is 1.80. The molecule has 5 heteroatoms. The zero-order valence-corrected chi connectivity index (χ0v) is 9.73. The number of nitrogens with one attached hydrogen (secondary N) is 2. The van der Waals surface area contributed by atoms with E-state index >= 15 is 0 Å². The lowest BCUT2D eigenvalue weighted by atomic mass is 9.97. The van der Waals surface area contributed by atoms with Crippen molar-refractivity contribution in [1.82, 2.24) is 15.1 Å². The third-order valence-electron chi connectivity index (χ3n) is 3.08. The van der Waals surface area contributed by atoms with Crippen LogP contribution in [0.3, 0.4) is 0 Å². The molecule has 0 radical (unpaired) electrons. The zero-order chi connectivity index (χ0) is 11.5. The molecule has 1 fully saturated rings. The van der Waals surface area contributed by atoms with Crippen molar-refractivity contribution in [1.29, 1.82) is 0 Å². The lowest BCUT2D eigenvalue weighted by molar-refractivity contribution is -0.120. The second-order valence-electron chi connectivity index (χ2n) is 4.32. The Morgan fingerprint density at radius 3 is 3.06 bits per heavy atom. The highest BCUT2D eigenvalue weighted by molar-refractivity contribution is 5.92. The largest absolute Gasteiger partial charge is 0.323 e. The Hall–Kier alpha value is -1.36. The van der Waals surface area contributed by atoms with Crippen molar-refractivity contribution in [3.05, 3.63) is 12.4 Å². The van der Waals surface area contributed by atoms with Crippen molar-refractivity contribution in [2.75, 3.05) is 18.4 Å². The molecule has 1 aliphatic heterocycles. The van der Waals surface area contributed by atoms with Crippen LogP contribution in [0.15, 0.2) is 12.4 Å². The average Bonchev–Trinajstić information content (AvgIpc) is 2.86. The Kier molecular flexibility index (Phi) is 3.24. The summed E-state index contributed by atoms with van der Waals surface area (Å²) in [5, 5.41) is 10.2. The molecule has 0 aliphatic carbocycles. The van der Waals surface area contributed by atoms with Gasteiger partial charge in [0, 0.05) is 19.3 Å². The summed E-state index contributed by atoms with van der Waals surface area (Å²) in [4.78, 5) is 11.9. The lowest BCUT2D eigenvalue weighted by Gasteiger charge is -2.12. The van der Waals surface area contributed by atoms with Gasteiger partial charge in [-0.25, -0.2) is 0 Å². The van der Waals surface area contributed by atoms with Crippen LogP contribution in [0.25, 0.3) is 0 Å². The van der Waals surface area contributed by atoms with Gasteiger partial charge in [0.25, 0.3) is 0 Å². The Bertz CT molecular complexity index is 374. The van der Waals surface area contributed by atoms with Crippen LogP contribution in [0.1, 0.15) is 13.8 Å². The van der Waals surface area contributed by atoms with Gasteiger partial charge in [-0.2, -0.15) is 5.10 Å². The number of amides is 1. The zero-order valence-electron chi connectivity index (χ0n) is 9.73. The number of carbonyl (C=O) groups excluding carboxylic acids is 1. The summed E-state index contributed by atoms with van der Waals surface area (Å²) in [6, 6.07) is 0. The Labute approximate surface area is 95.2 Å². The van der Waals surface area contributed by atoms with Crippen LogP contribution in [0, 0.1) is 11.8 Å². The molecule has 1 aromatic heterocycles. The van der Waals surface area contributed by atoms with E-state index in [-0.39, 0.29) is 11.8 Å². The van der Waals surface area contributed by atoms with Crippen molar-refractivity contribution in [3.63, 3.8) is 0 Å². The van der Waals surface area contributed by atoms with E-state index in [0.29, 0.717) is 5.92 Å². The molecule has 2 N–H and O–H groups in total. The standard InChI is InChI=1S/C11H18N4O/c1-3-15-7-9(5-13-15)14-11(16)10-6-12-4-8(10)2/h5,7-8,10,12H,3-4,6H2,1-2H3,(H,14,16)/t8-,10-/m1/s1. The quantitative estimate of drug-likeness (QED) is 0.791. The fraction of sp³-hybridized carbons (Fsp3) is 0.636. The van der Waals surface area contributed by atoms with Crippen molar-refractivity contribution < 1.29 is 4.79 Å². The molecule has 88 valence electrons. The third-order valence-corrected chi connectivity index (χ3v) is 3.08. The molecule has 2 atom stereocenters. The number of nitrogens with zero attached hydrogens (tertiary/aromatic N) is 2. The van der Waals surface area contributed by atoms with Gasteiger partial charge in [0.2, 0.25) is 5.91 Å². The number of aryl methyl sites for hydroxylation is 1. The SMILES string of the molecule is CCn1cc(NC(=O)[C@@H]2CNC[C@H]2C)cn1. The molecule has 0 spiro atoms. The van der Waals surface area contributed by atoms with Crippen molar-refractivity contribution >= 4 is 11.6 Å². The smallest absolute Gasteiger partial charge is 0.229 e. The van der Waals surface area contributed by atoms with Gasteiger partial charge in [0.05, 0.1) is 17.8 Å². The van der Waals surface area contributed by atoms with Crippen LogP contribution in [0.4, 0.5) is 5.69 Å². The van der Waals surface area contributed by atoms with Crippen LogP contribution < -0.4 is 10.6 Å². The van der Waals surface area contributed by atoms with Crippen LogP contribution in [-0.2, 0) is 11.3 Å². The first kappa shape index (κ1) is 11.1. The molecule has 1 aliphatic rings. The van der Waals surface area contributed by atoms with Gasteiger partial charge < -0.3 is 10.6 Å². The first-order valence-corrected chi connectivity index (χ1v) is 5.74. The molecular weight excluding hydrogens is 204 g/mol. The Morgan fingerprint density at radius 2 is 2.50 bits per heavy atom. The fourth-order valence-electron chi connectivity index (χ4n) is 2.00. The Balaban J connectivity index is 1.96. The molecule has 1 saturated heterocycles. The minimum Gasteiger partial charge on any atom is -0.323 e.